The Bertz CT molecular complexity index is 939. The average molecular weight is 353 g/mol. The number of carbonyl (C=O) groups excluding carboxylic acids is 2. The molecule has 1 aliphatic rings. The number of hydrogen-bond donors (Lipinski definition) is 2. The molecule has 24 heavy (non-hydrogen) atoms. The first-order valence-electron chi connectivity index (χ1n) is 7.12. The van der Waals surface area contributed by atoms with Crippen LogP contribution in [0.4, 0.5) is 11.4 Å². The molecule has 7 heteroatoms. The number of nitrogens with zero attached hydrogens (tertiary/aromatic N) is 1. The van der Waals surface area contributed by atoms with Crippen molar-refractivity contribution in [3.8, 4) is 0 Å². The van der Waals surface area contributed by atoms with E-state index in [1.54, 1.807) is 35.8 Å². The lowest BCUT2D eigenvalue weighted by Crippen LogP contribution is -2.14. The lowest BCUT2D eigenvalue weighted by molar-refractivity contribution is 0.101. The Labute approximate surface area is 146 Å². The van der Waals surface area contributed by atoms with Gasteiger partial charge in [-0.15, -0.1) is 0 Å². The molecule has 5 nitrogen and oxygen atoms in total. The van der Waals surface area contributed by atoms with E-state index in [-0.39, 0.29) is 11.8 Å². The second kappa shape index (κ2) is 6.10. The Hall–Kier alpha value is -2.64. The molecule has 0 spiro atoms. The standard InChI is InChI=1S/C17H11N3O2S2/c21-15(10-5-7-23-9-10)19-11-3-4-14-12(8-11)16(22)20-13-2-1-6-18-17(13)24-14/h1-9H,(H,19,21)(H,20,22). The molecule has 0 atom stereocenters. The highest BCUT2D eigenvalue weighted by Gasteiger charge is 2.21. The van der Waals surface area contributed by atoms with Gasteiger partial charge in [0, 0.05) is 22.2 Å². The van der Waals surface area contributed by atoms with Crippen molar-refractivity contribution in [2.24, 2.45) is 0 Å². The largest absolute Gasteiger partial charge is 0.322 e. The molecule has 0 unspecified atom stereocenters. The van der Waals surface area contributed by atoms with Crippen molar-refractivity contribution in [2.45, 2.75) is 9.92 Å². The van der Waals surface area contributed by atoms with Crippen LogP contribution < -0.4 is 10.6 Å². The number of nitrogens with one attached hydrogen (secondary N) is 2. The summed E-state index contributed by atoms with van der Waals surface area (Å²) in [4.78, 5) is 29.7. The number of aromatic nitrogens is 1. The molecule has 0 aliphatic carbocycles. The van der Waals surface area contributed by atoms with Gasteiger partial charge in [0.25, 0.3) is 11.8 Å². The summed E-state index contributed by atoms with van der Waals surface area (Å²) in [6.45, 7) is 0. The number of amides is 2. The van der Waals surface area contributed by atoms with Gasteiger partial charge in [0.1, 0.15) is 5.03 Å². The zero-order chi connectivity index (χ0) is 16.5. The van der Waals surface area contributed by atoms with Gasteiger partial charge < -0.3 is 10.6 Å². The third-order valence-electron chi connectivity index (χ3n) is 3.49. The van der Waals surface area contributed by atoms with E-state index in [1.165, 1.54) is 23.1 Å². The predicted molar refractivity (Wildman–Crippen MR) is 95.0 cm³/mol. The summed E-state index contributed by atoms with van der Waals surface area (Å²) in [7, 11) is 0. The van der Waals surface area contributed by atoms with Crippen LogP contribution >= 0.6 is 23.1 Å². The highest BCUT2D eigenvalue weighted by Crippen LogP contribution is 2.38. The maximum Gasteiger partial charge on any atom is 0.256 e. The molecule has 2 N–H and O–H groups in total. The van der Waals surface area contributed by atoms with Crippen molar-refractivity contribution in [3.63, 3.8) is 0 Å². The molecule has 4 rings (SSSR count). The normalized spacial score (nSPS) is 12.6. The maximum atomic E-state index is 12.5. The molecule has 2 aromatic heterocycles. The van der Waals surface area contributed by atoms with Crippen molar-refractivity contribution in [3.05, 3.63) is 64.5 Å². The quantitative estimate of drug-likeness (QED) is 0.727. The van der Waals surface area contributed by atoms with Crippen LogP contribution in [0.3, 0.4) is 0 Å². The molecule has 0 saturated heterocycles. The highest BCUT2D eigenvalue weighted by atomic mass is 32.2. The topological polar surface area (TPSA) is 71.1 Å². The molecule has 3 heterocycles. The summed E-state index contributed by atoms with van der Waals surface area (Å²) in [5, 5.41) is 10.1. The molecule has 0 fully saturated rings. The van der Waals surface area contributed by atoms with Crippen LogP contribution in [-0.4, -0.2) is 16.8 Å². The average Bonchev–Trinajstić information content (AvgIpc) is 3.08. The highest BCUT2D eigenvalue weighted by molar-refractivity contribution is 7.99. The lowest BCUT2D eigenvalue weighted by atomic mass is 10.1. The first-order valence-corrected chi connectivity index (χ1v) is 8.88. The summed E-state index contributed by atoms with van der Waals surface area (Å²) in [6, 6.07) is 10.7. The van der Waals surface area contributed by atoms with Crippen LogP contribution in [0.25, 0.3) is 0 Å². The minimum atomic E-state index is -0.212. The second-order valence-corrected chi connectivity index (χ2v) is 6.90. The maximum absolute atomic E-state index is 12.5. The molecule has 2 amide bonds. The fraction of sp³-hybridized carbons (Fsp3) is 0. The summed E-state index contributed by atoms with van der Waals surface area (Å²) in [5.74, 6) is -0.404. The number of benzene rings is 1. The van der Waals surface area contributed by atoms with Crippen LogP contribution in [0.5, 0.6) is 0 Å². The van der Waals surface area contributed by atoms with E-state index in [9.17, 15) is 9.59 Å². The van der Waals surface area contributed by atoms with Crippen molar-refractivity contribution >= 4 is 46.3 Å². The fourth-order valence-corrected chi connectivity index (χ4v) is 3.92. The van der Waals surface area contributed by atoms with Gasteiger partial charge in [0.2, 0.25) is 0 Å². The van der Waals surface area contributed by atoms with Gasteiger partial charge in [-0.3, -0.25) is 9.59 Å². The molecular weight excluding hydrogens is 342 g/mol. The zero-order valence-corrected chi connectivity index (χ0v) is 13.9. The van der Waals surface area contributed by atoms with Gasteiger partial charge in [0.05, 0.1) is 16.8 Å². The Morgan fingerprint density at radius 2 is 2.12 bits per heavy atom. The minimum absolute atomic E-state index is 0.192. The van der Waals surface area contributed by atoms with Crippen LogP contribution in [0.15, 0.2) is 63.3 Å². The number of thiophene rings is 1. The Balaban J connectivity index is 1.65. The molecule has 0 radical (unpaired) electrons. The summed E-state index contributed by atoms with van der Waals surface area (Å²) in [5.41, 5.74) is 2.39. The Morgan fingerprint density at radius 3 is 2.96 bits per heavy atom. The third kappa shape index (κ3) is 2.79. The molecule has 118 valence electrons. The van der Waals surface area contributed by atoms with Crippen molar-refractivity contribution < 1.29 is 9.59 Å². The van der Waals surface area contributed by atoms with Crippen LogP contribution in [-0.2, 0) is 0 Å². The van der Waals surface area contributed by atoms with Gasteiger partial charge in [0.15, 0.2) is 0 Å². The molecule has 0 saturated carbocycles. The van der Waals surface area contributed by atoms with Gasteiger partial charge in [-0.05, 0) is 41.8 Å². The Morgan fingerprint density at radius 1 is 1.21 bits per heavy atom. The van der Waals surface area contributed by atoms with Crippen molar-refractivity contribution in [1.82, 2.24) is 4.98 Å². The summed E-state index contributed by atoms with van der Waals surface area (Å²) >= 11 is 2.89. The predicted octanol–water partition coefficient (Wildman–Crippen LogP) is 4.11. The van der Waals surface area contributed by atoms with E-state index < -0.39 is 0 Å². The van der Waals surface area contributed by atoms with E-state index >= 15 is 0 Å². The van der Waals surface area contributed by atoms with Gasteiger partial charge >= 0.3 is 0 Å². The lowest BCUT2D eigenvalue weighted by Gasteiger charge is -2.08. The van der Waals surface area contributed by atoms with Crippen LogP contribution in [0.1, 0.15) is 20.7 Å². The van der Waals surface area contributed by atoms with E-state index in [4.69, 9.17) is 0 Å². The number of anilines is 2. The third-order valence-corrected chi connectivity index (χ3v) is 5.27. The monoisotopic (exact) mass is 353 g/mol. The second-order valence-electron chi connectivity index (χ2n) is 5.09. The smallest absolute Gasteiger partial charge is 0.256 e. The van der Waals surface area contributed by atoms with E-state index in [2.05, 4.69) is 15.6 Å². The van der Waals surface area contributed by atoms with Crippen molar-refractivity contribution in [1.29, 1.82) is 0 Å². The summed E-state index contributed by atoms with van der Waals surface area (Å²) < 4.78 is 0. The zero-order valence-electron chi connectivity index (χ0n) is 12.3. The molecule has 3 aromatic rings. The molecule has 1 aliphatic heterocycles. The van der Waals surface area contributed by atoms with Crippen molar-refractivity contribution in [2.75, 3.05) is 10.6 Å². The number of pyridine rings is 1. The first kappa shape index (κ1) is 14.9. The Kier molecular flexibility index (Phi) is 3.79. The van der Waals surface area contributed by atoms with E-state index in [1.807, 2.05) is 17.5 Å². The number of fused-ring (bicyclic) bond motifs is 2. The number of rotatable bonds is 2. The minimum Gasteiger partial charge on any atom is -0.322 e. The first-order chi connectivity index (χ1) is 11.7. The SMILES string of the molecule is O=C(Nc1ccc2c(c1)C(=O)Nc1cccnc1S2)c1ccsc1. The van der Waals surface area contributed by atoms with Crippen LogP contribution in [0, 0.1) is 0 Å². The van der Waals surface area contributed by atoms with Gasteiger partial charge in [-0.25, -0.2) is 4.98 Å². The van der Waals surface area contributed by atoms with E-state index in [0.29, 0.717) is 22.5 Å². The van der Waals surface area contributed by atoms with E-state index in [0.717, 1.165) is 9.92 Å². The number of hydrogen-bond acceptors (Lipinski definition) is 5. The summed E-state index contributed by atoms with van der Waals surface area (Å²) in [6.07, 6.45) is 1.69. The molecule has 1 aromatic carbocycles. The fourth-order valence-electron chi connectivity index (χ4n) is 2.33. The van der Waals surface area contributed by atoms with Crippen LogP contribution in [0.2, 0.25) is 0 Å². The van der Waals surface area contributed by atoms with Gasteiger partial charge in [-0.2, -0.15) is 11.3 Å². The number of carbonyl (C=O) groups is 2. The van der Waals surface area contributed by atoms with Gasteiger partial charge in [-0.1, -0.05) is 11.8 Å². The molecule has 0 bridgehead atoms. The molecular formula is C17H11N3O2S2.